The molecule has 1 heterocycles. The lowest BCUT2D eigenvalue weighted by Gasteiger charge is -2.19. The first-order chi connectivity index (χ1) is 9.92. The number of ether oxygens (including phenoxy) is 2. The molecule has 1 aromatic carbocycles. The molecule has 6 nitrogen and oxygen atoms in total. The highest BCUT2D eigenvalue weighted by molar-refractivity contribution is 5.33. The molecule has 0 atom stereocenters. The first-order valence-electron chi connectivity index (χ1n) is 6.68. The van der Waals surface area contributed by atoms with Gasteiger partial charge in [-0.25, -0.2) is 0 Å². The molecule has 21 heavy (non-hydrogen) atoms. The summed E-state index contributed by atoms with van der Waals surface area (Å²) in [5.41, 5.74) is 1.34. The monoisotopic (exact) mass is 288 g/mol. The minimum atomic E-state index is 0.105. The Morgan fingerprint density at radius 1 is 0.952 bits per heavy atom. The molecule has 0 bridgehead atoms. The molecule has 2 aromatic rings. The Bertz CT molecular complexity index is 584. The molecule has 0 aliphatic heterocycles. The topological polar surface area (TPSA) is 69.2 Å². The van der Waals surface area contributed by atoms with Gasteiger partial charge in [-0.1, -0.05) is 32.9 Å². The van der Waals surface area contributed by atoms with Crippen molar-refractivity contribution in [3.05, 3.63) is 29.8 Å². The average Bonchev–Trinajstić information content (AvgIpc) is 2.46. The minimum Gasteiger partial charge on any atom is -0.467 e. The first-order valence-corrected chi connectivity index (χ1v) is 6.68. The van der Waals surface area contributed by atoms with E-state index in [0.29, 0.717) is 11.7 Å². The molecule has 2 rings (SSSR count). The normalized spacial score (nSPS) is 11.1. The maximum absolute atomic E-state index is 5.65. The van der Waals surface area contributed by atoms with Crippen molar-refractivity contribution < 1.29 is 9.47 Å². The van der Waals surface area contributed by atoms with Crippen LogP contribution in [0.15, 0.2) is 24.3 Å². The predicted molar refractivity (Wildman–Crippen MR) is 81.1 cm³/mol. The van der Waals surface area contributed by atoms with Crippen molar-refractivity contribution in [3.8, 4) is 17.8 Å². The highest BCUT2D eigenvalue weighted by atomic mass is 16.5. The van der Waals surface area contributed by atoms with Crippen LogP contribution in [0.3, 0.4) is 0 Å². The van der Waals surface area contributed by atoms with Gasteiger partial charge in [-0.15, -0.1) is 4.98 Å². The Morgan fingerprint density at radius 3 is 2.10 bits per heavy atom. The van der Waals surface area contributed by atoms with E-state index in [1.165, 1.54) is 12.7 Å². The van der Waals surface area contributed by atoms with Gasteiger partial charge in [0, 0.05) is 7.05 Å². The van der Waals surface area contributed by atoms with Gasteiger partial charge < -0.3 is 14.8 Å². The summed E-state index contributed by atoms with van der Waals surface area (Å²) in [5, 5.41) is 2.83. The van der Waals surface area contributed by atoms with Crippen molar-refractivity contribution in [1.29, 1.82) is 0 Å². The molecule has 0 radical (unpaired) electrons. The van der Waals surface area contributed by atoms with E-state index in [2.05, 4.69) is 41.0 Å². The lowest BCUT2D eigenvalue weighted by Crippen LogP contribution is -2.10. The van der Waals surface area contributed by atoms with Crippen LogP contribution in [0.25, 0.3) is 0 Å². The number of hydrogen-bond donors (Lipinski definition) is 1. The maximum atomic E-state index is 5.65. The van der Waals surface area contributed by atoms with Gasteiger partial charge in [0.2, 0.25) is 5.95 Å². The molecule has 0 aliphatic rings. The molecule has 0 aliphatic carbocycles. The van der Waals surface area contributed by atoms with Gasteiger partial charge in [-0.05, 0) is 23.1 Å². The standard InChI is InChI=1S/C15H20N4O2/c1-15(2,3)10-6-8-11(9-7-10)21-14-18-12(16-4)17-13(19-14)20-5/h6-9H,1-5H3,(H,16,17,18,19). The van der Waals surface area contributed by atoms with Crippen molar-refractivity contribution in [2.24, 2.45) is 0 Å². The molecular formula is C15H20N4O2. The third-order valence-electron chi connectivity index (χ3n) is 2.93. The zero-order chi connectivity index (χ0) is 15.5. The van der Waals surface area contributed by atoms with Gasteiger partial charge in [-0.2, -0.15) is 9.97 Å². The highest BCUT2D eigenvalue weighted by Gasteiger charge is 2.14. The molecule has 0 saturated heterocycles. The van der Waals surface area contributed by atoms with Crippen LogP contribution < -0.4 is 14.8 Å². The summed E-state index contributed by atoms with van der Waals surface area (Å²) < 4.78 is 10.7. The van der Waals surface area contributed by atoms with Gasteiger partial charge in [0.15, 0.2) is 0 Å². The number of hydrogen-bond acceptors (Lipinski definition) is 6. The zero-order valence-corrected chi connectivity index (χ0v) is 13.0. The van der Waals surface area contributed by atoms with E-state index in [0.717, 1.165) is 0 Å². The number of nitrogens with zero attached hydrogens (tertiary/aromatic N) is 3. The van der Waals surface area contributed by atoms with E-state index in [4.69, 9.17) is 9.47 Å². The molecule has 0 fully saturated rings. The van der Waals surface area contributed by atoms with E-state index in [-0.39, 0.29) is 17.4 Å². The third-order valence-corrected chi connectivity index (χ3v) is 2.93. The Hall–Kier alpha value is -2.37. The fourth-order valence-electron chi connectivity index (χ4n) is 1.72. The summed E-state index contributed by atoms with van der Waals surface area (Å²) in [6.45, 7) is 6.50. The Morgan fingerprint density at radius 2 is 1.57 bits per heavy atom. The molecule has 1 N–H and O–H groups in total. The lowest BCUT2D eigenvalue weighted by molar-refractivity contribution is 0.360. The van der Waals surface area contributed by atoms with E-state index >= 15 is 0 Å². The molecular weight excluding hydrogens is 268 g/mol. The maximum Gasteiger partial charge on any atom is 0.330 e. The van der Waals surface area contributed by atoms with Crippen molar-refractivity contribution >= 4 is 5.95 Å². The number of methoxy groups -OCH3 is 1. The Labute approximate surface area is 124 Å². The second kappa shape index (κ2) is 5.95. The van der Waals surface area contributed by atoms with Crippen LogP contribution in [0.4, 0.5) is 5.95 Å². The quantitative estimate of drug-likeness (QED) is 0.932. The summed E-state index contributed by atoms with van der Waals surface area (Å²) in [4.78, 5) is 12.2. The molecule has 0 saturated carbocycles. The number of rotatable bonds is 4. The number of nitrogens with one attached hydrogen (secondary N) is 1. The van der Waals surface area contributed by atoms with E-state index < -0.39 is 0 Å². The van der Waals surface area contributed by atoms with Crippen LogP contribution in [0, 0.1) is 0 Å². The lowest BCUT2D eigenvalue weighted by atomic mass is 9.87. The number of aromatic nitrogens is 3. The molecule has 0 spiro atoms. The van der Waals surface area contributed by atoms with Crippen LogP contribution in [-0.2, 0) is 5.41 Å². The second-order valence-electron chi connectivity index (χ2n) is 5.55. The highest BCUT2D eigenvalue weighted by Crippen LogP contribution is 2.26. The third kappa shape index (κ3) is 3.81. The van der Waals surface area contributed by atoms with Crippen molar-refractivity contribution in [2.45, 2.75) is 26.2 Å². The van der Waals surface area contributed by atoms with Gasteiger partial charge in [0.25, 0.3) is 0 Å². The van der Waals surface area contributed by atoms with Crippen LogP contribution in [-0.4, -0.2) is 29.1 Å². The smallest absolute Gasteiger partial charge is 0.330 e. The van der Waals surface area contributed by atoms with Crippen LogP contribution in [0.2, 0.25) is 0 Å². The van der Waals surface area contributed by atoms with E-state index in [1.807, 2.05) is 24.3 Å². The summed E-state index contributed by atoms with van der Waals surface area (Å²) >= 11 is 0. The van der Waals surface area contributed by atoms with E-state index in [1.54, 1.807) is 7.05 Å². The zero-order valence-electron chi connectivity index (χ0n) is 13.0. The summed E-state index contributed by atoms with van der Waals surface area (Å²) in [7, 11) is 3.22. The molecule has 0 amide bonds. The summed E-state index contributed by atoms with van der Waals surface area (Å²) in [6.07, 6.45) is 0. The fraction of sp³-hybridized carbons (Fsp3) is 0.400. The minimum absolute atomic E-state index is 0.105. The number of anilines is 1. The SMILES string of the molecule is CNc1nc(OC)nc(Oc2ccc(C(C)(C)C)cc2)n1. The fourth-order valence-corrected chi connectivity index (χ4v) is 1.72. The van der Waals surface area contributed by atoms with Crippen LogP contribution in [0.5, 0.6) is 17.8 Å². The van der Waals surface area contributed by atoms with Gasteiger partial charge >= 0.3 is 12.0 Å². The largest absolute Gasteiger partial charge is 0.467 e. The van der Waals surface area contributed by atoms with Crippen LogP contribution >= 0.6 is 0 Å². The Kier molecular flexibility index (Phi) is 4.26. The molecule has 1 aromatic heterocycles. The Balaban J connectivity index is 2.22. The summed E-state index contributed by atoms with van der Waals surface area (Å²) in [6, 6.07) is 8.26. The van der Waals surface area contributed by atoms with Crippen molar-refractivity contribution in [1.82, 2.24) is 15.0 Å². The molecule has 112 valence electrons. The van der Waals surface area contributed by atoms with Crippen LogP contribution in [0.1, 0.15) is 26.3 Å². The molecule has 6 heteroatoms. The summed E-state index contributed by atoms with van der Waals surface area (Å²) in [5.74, 6) is 1.06. The molecule has 0 unspecified atom stereocenters. The second-order valence-corrected chi connectivity index (χ2v) is 5.55. The number of benzene rings is 1. The van der Waals surface area contributed by atoms with Gasteiger partial charge in [0.1, 0.15) is 5.75 Å². The van der Waals surface area contributed by atoms with Crippen molar-refractivity contribution in [2.75, 3.05) is 19.5 Å². The van der Waals surface area contributed by atoms with Crippen molar-refractivity contribution in [3.63, 3.8) is 0 Å². The average molecular weight is 288 g/mol. The van der Waals surface area contributed by atoms with Gasteiger partial charge in [-0.3, -0.25) is 0 Å². The van der Waals surface area contributed by atoms with E-state index in [9.17, 15) is 0 Å². The first kappa shape index (κ1) is 15.0. The van der Waals surface area contributed by atoms with Gasteiger partial charge in [0.05, 0.1) is 7.11 Å². The predicted octanol–water partition coefficient (Wildman–Crippen LogP) is 3.01.